The quantitative estimate of drug-likeness (QED) is 0.856. The van der Waals surface area contributed by atoms with Crippen molar-refractivity contribution in [3.63, 3.8) is 0 Å². The van der Waals surface area contributed by atoms with Gasteiger partial charge in [0.1, 0.15) is 5.82 Å². The van der Waals surface area contributed by atoms with Crippen molar-refractivity contribution in [2.75, 3.05) is 5.32 Å². The average molecular weight is 236 g/mol. The highest BCUT2D eigenvalue weighted by Gasteiger charge is 1.99. The van der Waals surface area contributed by atoms with Crippen molar-refractivity contribution in [3.05, 3.63) is 52.0 Å². The zero-order valence-corrected chi connectivity index (χ0v) is 9.56. The van der Waals surface area contributed by atoms with Crippen LogP contribution in [0.5, 0.6) is 0 Å². The van der Waals surface area contributed by atoms with E-state index >= 15 is 0 Å². The van der Waals surface area contributed by atoms with Gasteiger partial charge in [-0.15, -0.1) is 11.3 Å². The van der Waals surface area contributed by atoms with E-state index in [2.05, 4.69) is 16.8 Å². The Bertz CT molecular complexity index is 468. The van der Waals surface area contributed by atoms with E-state index in [9.17, 15) is 4.39 Å². The summed E-state index contributed by atoms with van der Waals surface area (Å²) >= 11 is 1.65. The SMILES string of the molecule is NCc1cc(CNc2cccc(F)c2)cs1. The van der Waals surface area contributed by atoms with E-state index in [4.69, 9.17) is 5.73 Å². The van der Waals surface area contributed by atoms with Gasteiger partial charge in [0, 0.05) is 23.7 Å². The minimum absolute atomic E-state index is 0.224. The Morgan fingerprint density at radius 2 is 2.19 bits per heavy atom. The highest BCUT2D eigenvalue weighted by Crippen LogP contribution is 2.16. The van der Waals surface area contributed by atoms with Crippen LogP contribution >= 0.6 is 11.3 Å². The number of nitrogens with one attached hydrogen (secondary N) is 1. The fourth-order valence-corrected chi connectivity index (χ4v) is 2.20. The first-order valence-electron chi connectivity index (χ1n) is 5.04. The summed E-state index contributed by atoms with van der Waals surface area (Å²) in [5, 5.41) is 5.23. The smallest absolute Gasteiger partial charge is 0.125 e. The van der Waals surface area contributed by atoms with Gasteiger partial charge in [0.15, 0.2) is 0 Å². The van der Waals surface area contributed by atoms with Crippen LogP contribution in [0.1, 0.15) is 10.4 Å². The molecule has 0 saturated carbocycles. The minimum atomic E-state index is -0.224. The maximum absolute atomic E-state index is 12.9. The summed E-state index contributed by atoms with van der Waals surface area (Å²) in [6, 6.07) is 8.52. The molecule has 1 aromatic carbocycles. The summed E-state index contributed by atoms with van der Waals surface area (Å²) in [4.78, 5) is 1.16. The molecule has 84 valence electrons. The lowest BCUT2D eigenvalue weighted by Gasteiger charge is -2.04. The number of halogens is 1. The van der Waals surface area contributed by atoms with Crippen LogP contribution in [0.2, 0.25) is 0 Å². The van der Waals surface area contributed by atoms with Gasteiger partial charge in [0.05, 0.1) is 0 Å². The van der Waals surface area contributed by atoms with E-state index < -0.39 is 0 Å². The Balaban J connectivity index is 1.96. The fraction of sp³-hybridized carbons (Fsp3) is 0.167. The highest BCUT2D eigenvalue weighted by molar-refractivity contribution is 7.10. The molecule has 0 aliphatic rings. The predicted molar refractivity (Wildman–Crippen MR) is 65.9 cm³/mol. The third-order valence-corrected chi connectivity index (χ3v) is 3.24. The Kier molecular flexibility index (Phi) is 3.54. The molecule has 4 heteroatoms. The van der Waals surface area contributed by atoms with Gasteiger partial charge in [-0.1, -0.05) is 6.07 Å². The molecule has 2 nitrogen and oxygen atoms in total. The monoisotopic (exact) mass is 236 g/mol. The summed E-state index contributed by atoms with van der Waals surface area (Å²) < 4.78 is 12.9. The van der Waals surface area contributed by atoms with Gasteiger partial charge in [-0.05, 0) is 35.2 Å². The summed E-state index contributed by atoms with van der Waals surface area (Å²) in [6.07, 6.45) is 0. The maximum atomic E-state index is 12.9. The van der Waals surface area contributed by atoms with Crippen molar-refractivity contribution in [1.29, 1.82) is 0 Å². The van der Waals surface area contributed by atoms with Crippen LogP contribution in [0.4, 0.5) is 10.1 Å². The van der Waals surface area contributed by atoms with E-state index in [1.54, 1.807) is 17.4 Å². The molecule has 3 N–H and O–H groups in total. The van der Waals surface area contributed by atoms with E-state index in [0.29, 0.717) is 13.1 Å². The molecule has 0 amide bonds. The van der Waals surface area contributed by atoms with Crippen LogP contribution in [0.15, 0.2) is 35.7 Å². The van der Waals surface area contributed by atoms with Crippen LogP contribution in [0.25, 0.3) is 0 Å². The molecule has 2 rings (SSSR count). The highest BCUT2D eigenvalue weighted by atomic mass is 32.1. The first-order chi connectivity index (χ1) is 7.78. The second-order valence-electron chi connectivity index (χ2n) is 3.49. The molecule has 0 saturated heterocycles. The molecular formula is C12H13FN2S. The summed E-state index contributed by atoms with van der Waals surface area (Å²) in [5.41, 5.74) is 7.50. The van der Waals surface area contributed by atoms with Crippen molar-refractivity contribution < 1.29 is 4.39 Å². The van der Waals surface area contributed by atoms with Crippen molar-refractivity contribution in [2.24, 2.45) is 5.73 Å². The second kappa shape index (κ2) is 5.09. The predicted octanol–water partition coefficient (Wildman–Crippen LogP) is 2.96. The fourth-order valence-electron chi connectivity index (χ4n) is 1.43. The summed E-state index contributed by atoms with van der Waals surface area (Å²) in [5.74, 6) is -0.224. The first kappa shape index (κ1) is 11.1. The molecule has 0 unspecified atom stereocenters. The number of rotatable bonds is 4. The number of nitrogens with two attached hydrogens (primary N) is 1. The Morgan fingerprint density at radius 1 is 1.31 bits per heavy atom. The molecule has 1 aromatic heterocycles. The maximum Gasteiger partial charge on any atom is 0.125 e. The van der Waals surface area contributed by atoms with Gasteiger partial charge >= 0.3 is 0 Å². The van der Waals surface area contributed by atoms with Gasteiger partial charge < -0.3 is 11.1 Å². The van der Waals surface area contributed by atoms with E-state index in [0.717, 1.165) is 10.6 Å². The van der Waals surface area contributed by atoms with Crippen LogP contribution in [0.3, 0.4) is 0 Å². The first-order valence-corrected chi connectivity index (χ1v) is 5.91. The van der Waals surface area contributed by atoms with Crippen molar-refractivity contribution in [2.45, 2.75) is 13.1 Å². The summed E-state index contributed by atoms with van der Waals surface area (Å²) in [7, 11) is 0. The molecule has 0 fully saturated rings. The lowest BCUT2D eigenvalue weighted by atomic mass is 10.2. The third-order valence-electron chi connectivity index (χ3n) is 2.23. The van der Waals surface area contributed by atoms with Gasteiger partial charge in [0.2, 0.25) is 0 Å². The molecule has 0 bridgehead atoms. The third kappa shape index (κ3) is 2.81. The number of hydrogen-bond donors (Lipinski definition) is 2. The molecule has 0 aliphatic carbocycles. The topological polar surface area (TPSA) is 38.0 Å². The number of thiophene rings is 1. The Labute approximate surface area is 97.9 Å². The van der Waals surface area contributed by atoms with Gasteiger partial charge in [0.25, 0.3) is 0 Å². The van der Waals surface area contributed by atoms with Crippen molar-refractivity contribution >= 4 is 17.0 Å². The largest absolute Gasteiger partial charge is 0.381 e. The molecule has 0 spiro atoms. The Hall–Kier alpha value is -1.39. The van der Waals surface area contributed by atoms with E-state index in [-0.39, 0.29) is 5.82 Å². The zero-order chi connectivity index (χ0) is 11.4. The van der Waals surface area contributed by atoms with E-state index in [1.807, 2.05) is 6.07 Å². The second-order valence-corrected chi connectivity index (χ2v) is 4.49. The molecule has 2 aromatic rings. The zero-order valence-electron chi connectivity index (χ0n) is 8.74. The number of anilines is 1. The molecular weight excluding hydrogens is 223 g/mol. The lowest BCUT2D eigenvalue weighted by Crippen LogP contribution is -1.98. The number of hydrogen-bond acceptors (Lipinski definition) is 3. The van der Waals surface area contributed by atoms with Crippen LogP contribution < -0.4 is 11.1 Å². The average Bonchev–Trinajstić information content (AvgIpc) is 2.74. The van der Waals surface area contributed by atoms with Crippen LogP contribution in [-0.2, 0) is 13.1 Å². The Morgan fingerprint density at radius 3 is 2.88 bits per heavy atom. The summed E-state index contributed by atoms with van der Waals surface area (Å²) in [6.45, 7) is 1.27. The van der Waals surface area contributed by atoms with E-state index in [1.165, 1.54) is 17.7 Å². The van der Waals surface area contributed by atoms with Crippen LogP contribution in [-0.4, -0.2) is 0 Å². The van der Waals surface area contributed by atoms with Gasteiger partial charge in [-0.2, -0.15) is 0 Å². The standard InChI is InChI=1S/C12H13FN2S/c13-10-2-1-3-11(5-10)15-7-9-4-12(6-14)16-8-9/h1-5,8,15H,6-7,14H2. The molecule has 16 heavy (non-hydrogen) atoms. The number of benzene rings is 1. The van der Waals surface area contributed by atoms with Crippen LogP contribution in [0, 0.1) is 5.82 Å². The van der Waals surface area contributed by atoms with Gasteiger partial charge in [-0.3, -0.25) is 0 Å². The van der Waals surface area contributed by atoms with Gasteiger partial charge in [-0.25, -0.2) is 4.39 Å². The van der Waals surface area contributed by atoms with Crippen molar-refractivity contribution in [3.8, 4) is 0 Å². The molecule has 0 radical (unpaired) electrons. The normalized spacial score (nSPS) is 10.4. The molecule has 1 heterocycles. The lowest BCUT2D eigenvalue weighted by molar-refractivity contribution is 0.628. The van der Waals surface area contributed by atoms with Crippen molar-refractivity contribution in [1.82, 2.24) is 0 Å². The molecule has 0 atom stereocenters. The minimum Gasteiger partial charge on any atom is -0.381 e. The molecule has 0 aliphatic heterocycles.